The molecule has 0 aliphatic carbocycles. The minimum absolute atomic E-state index is 0.0582. The van der Waals surface area contributed by atoms with Gasteiger partial charge in [-0.3, -0.25) is 15.1 Å². The fraction of sp³-hybridized carbons (Fsp3) is 0.474. The largest absolute Gasteiger partial charge is 0.496 e. The zero-order valence-electron chi connectivity index (χ0n) is 16.5. The lowest BCUT2D eigenvalue weighted by atomic mass is 10.2. The number of ether oxygens (including phenoxy) is 2. The molecule has 8 heteroatoms. The standard InChI is InChI=1S/C19H29N5O3/c1-5-24(6-2)8-7-9-27-13-10-15-14(17(11-13)26-4)12-16(22-15)18(25)23-19(20)21-3/h10-12,22H,5-9H2,1-4H3,(H3,20,21,23,25). The maximum Gasteiger partial charge on any atom is 0.274 e. The van der Waals surface area contributed by atoms with Crippen molar-refractivity contribution in [2.24, 2.45) is 10.7 Å². The Morgan fingerprint density at radius 2 is 2.04 bits per heavy atom. The maximum atomic E-state index is 12.2. The molecule has 0 aliphatic rings. The molecule has 27 heavy (non-hydrogen) atoms. The molecule has 8 nitrogen and oxygen atoms in total. The van der Waals surface area contributed by atoms with Crippen LogP contribution in [-0.2, 0) is 0 Å². The number of carbonyl (C=O) groups is 1. The van der Waals surface area contributed by atoms with Gasteiger partial charge in [0.05, 0.1) is 19.2 Å². The molecule has 2 rings (SSSR count). The van der Waals surface area contributed by atoms with Crippen molar-refractivity contribution in [1.82, 2.24) is 15.2 Å². The normalized spacial score (nSPS) is 11.8. The van der Waals surface area contributed by atoms with Crippen LogP contribution < -0.4 is 20.5 Å². The van der Waals surface area contributed by atoms with Crippen LogP contribution in [0.3, 0.4) is 0 Å². The number of methoxy groups -OCH3 is 1. The van der Waals surface area contributed by atoms with E-state index < -0.39 is 0 Å². The quantitative estimate of drug-likeness (QED) is 0.353. The van der Waals surface area contributed by atoms with E-state index >= 15 is 0 Å². The SMILES string of the molecule is CCN(CC)CCCOc1cc(OC)c2cc(C(=O)NC(N)=NC)[nH]c2c1. The zero-order valence-corrected chi connectivity index (χ0v) is 16.5. The number of nitrogens with zero attached hydrogens (tertiary/aromatic N) is 2. The second-order valence-corrected chi connectivity index (χ2v) is 6.06. The monoisotopic (exact) mass is 375 g/mol. The van der Waals surface area contributed by atoms with E-state index in [1.54, 1.807) is 13.2 Å². The van der Waals surface area contributed by atoms with E-state index in [1.807, 2.05) is 12.1 Å². The number of benzene rings is 1. The Labute approximate surface area is 159 Å². The van der Waals surface area contributed by atoms with Gasteiger partial charge in [0, 0.05) is 31.1 Å². The second kappa shape index (κ2) is 9.82. The molecule has 4 N–H and O–H groups in total. The predicted molar refractivity (Wildman–Crippen MR) is 108 cm³/mol. The number of guanidine groups is 1. The first kappa shape index (κ1) is 20.6. The van der Waals surface area contributed by atoms with Crippen molar-refractivity contribution in [3.8, 4) is 11.5 Å². The van der Waals surface area contributed by atoms with Crippen molar-refractivity contribution in [1.29, 1.82) is 0 Å². The highest BCUT2D eigenvalue weighted by Gasteiger charge is 2.14. The van der Waals surface area contributed by atoms with Crippen LogP contribution in [-0.4, -0.2) is 62.1 Å². The van der Waals surface area contributed by atoms with Crippen LogP contribution in [0, 0.1) is 0 Å². The van der Waals surface area contributed by atoms with E-state index in [9.17, 15) is 4.79 Å². The summed E-state index contributed by atoms with van der Waals surface area (Å²) in [6.07, 6.45) is 0.941. The van der Waals surface area contributed by atoms with Crippen molar-refractivity contribution in [2.75, 3.05) is 40.4 Å². The molecule has 0 saturated carbocycles. The van der Waals surface area contributed by atoms with Crippen molar-refractivity contribution in [3.63, 3.8) is 0 Å². The van der Waals surface area contributed by atoms with Crippen LogP contribution in [0.25, 0.3) is 10.9 Å². The zero-order chi connectivity index (χ0) is 19.8. The topological polar surface area (TPSA) is 105 Å². The molecule has 0 unspecified atom stereocenters. The molecule has 1 amide bonds. The number of hydrogen-bond acceptors (Lipinski definition) is 5. The highest BCUT2D eigenvalue weighted by atomic mass is 16.5. The molecule has 0 spiro atoms. The molecule has 0 saturated heterocycles. The molecule has 148 valence electrons. The van der Waals surface area contributed by atoms with E-state index in [-0.39, 0.29) is 11.9 Å². The first-order valence-corrected chi connectivity index (χ1v) is 9.11. The number of hydrogen-bond donors (Lipinski definition) is 3. The summed E-state index contributed by atoms with van der Waals surface area (Å²) in [4.78, 5) is 21.4. The lowest BCUT2D eigenvalue weighted by Gasteiger charge is -2.17. The van der Waals surface area contributed by atoms with Crippen molar-refractivity contribution in [2.45, 2.75) is 20.3 Å². The molecular weight excluding hydrogens is 346 g/mol. The Kier molecular flexibility index (Phi) is 7.48. The number of H-pyrrole nitrogens is 1. The minimum Gasteiger partial charge on any atom is -0.496 e. The van der Waals surface area contributed by atoms with Crippen molar-refractivity contribution in [3.05, 3.63) is 23.9 Å². The molecule has 0 radical (unpaired) electrons. The summed E-state index contributed by atoms with van der Waals surface area (Å²) in [5, 5.41) is 3.30. The third kappa shape index (κ3) is 5.37. The molecule has 0 atom stereocenters. The van der Waals surface area contributed by atoms with Gasteiger partial charge in [-0.15, -0.1) is 0 Å². The Bertz CT molecular complexity index is 796. The van der Waals surface area contributed by atoms with Gasteiger partial charge in [-0.25, -0.2) is 0 Å². The Morgan fingerprint density at radius 3 is 2.67 bits per heavy atom. The number of nitrogens with two attached hydrogens (primary N) is 1. The van der Waals surface area contributed by atoms with Crippen LogP contribution in [0.4, 0.5) is 0 Å². The fourth-order valence-corrected chi connectivity index (χ4v) is 2.81. The lowest BCUT2D eigenvalue weighted by Crippen LogP contribution is -2.36. The maximum absolute atomic E-state index is 12.2. The number of rotatable bonds is 9. The van der Waals surface area contributed by atoms with Crippen molar-refractivity contribution >= 4 is 22.8 Å². The summed E-state index contributed by atoms with van der Waals surface area (Å²) in [5.41, 5.74) is 6.67. The van der Waals surface area contributed by atoms with E-state index in [1.165, 1.54) is 7.05 Å². The van der Waals surface area contributed by atoms with Gasteiger partial charge in [0.2, 0.25) is 0 Å². The summed E-state index contributed by atoms with van der Waals surface area (Å²) in [5.74, 6) is 1.03. The van der Waals surface area contributed by atoms with Gasteiger partial charge < -0.3 is 25.1 Å². The first-order valence-electron chi connectivity index (χ1n) is 9.11. The summed E-state index contributed by atoms with van der Waals surface area (Å²) in [7, 11) is 3.10. The van der Waals surface area contributed by atoms with Crippen LogP contribution in [0.1, 0.15) is 30.8 Å². The van der Waals surface area contributed by atoms with Crippen LogP contribution in [0.2, 0.25) is 0 Å². The van der Waals surface area contributed by atoms with Crippen LogP contribution >= 0.6 is 0 Å². The average molecular weight is 375 g/mol. The molecule has 1 aromatic carbocycles. The summed E-state index contributed by atoms with van der Waals surface area (Å²) in [6.45, 7) is 8.00. The number of aromatic nitrogens is 1. The van der Waals surface area contributed by atoms with Gasteiger partial charge in [0.1, 0.15) is 17.2 Å². The molecule has 0 aliphatic heterocycles. The minimum atomic E-state index is -0.363. The summed E-state index contributed by atoms with van der Waals surface area (Å²) in [6, 6.07) is 5.41. The summed E-state index contributed by atoms with van der Waals surface area (Å²) < 4.78 is 11.3. The molecule has 0 bridgehead atoms. The van der Waals surface area contributed by atoms with Crippen LogP contribution in [0.15, 0.2) is 23.2 Å². The summed E-state index contributed by atoms with van der Waals surface area (Å²) >= 11 is 0. The third-order valence-corrected chi connectivity index (χ3v) is 4.40. The molecule has 0 fully saturated rings. The van der Waals surface area contributed by atoms with Gasteiger partial charge in [-0.2, -0.15) is 0 Å². The highest BCUT2D eigenvalue weighted by Crippen LogP contribution is 2.31. The average Bonchev–Trinajstić information content (AvgIpc) is 3.11. The first-order chi connectivity index (χ1) is 13.0. The van der Waals surface area contributed by atoms with E-state index in [0.717, 1.165) is 37.0 Å². The Balaban J connectivity index is 2.12. The van der Waals surface area contributed by atoms with Gasteiger partial charge in [-0.05, 0) is 25.6 Å². The third-order valence-electron chi connectivity index (χ3n) is 4.40. The predicted octanol–water partition coefficient (Wildman–Crippen LogP) is 1.96. The molecular formula is C19H29N5O3. The van der Waals surface area contributed by atoms with Gasteiger partial charge in [-0.1, -0.05) is 13.8 Å². The molecule has 1 heterocycles. The van der Waals surface area contributed by atoms with Gasteiger partial charge >= 0.3 is 0 Å². The second-order valence-electron chi connectivity index (χ2n) is 6.06. The molecule has 1 aromatic heterocycles. The molecule has 2 aromatic rings. The number of carbonyl (C=O) groups excluding carboxylic acids is 1. The lowest BCUT2D eigenvalue weighted by molar-refractivity contribution is 0.0972. The number of amides is 1. The highest BCUT2D eigenvalue weighted by molar-refractivity contribution is 6.07. The number of aliphatic imine (C=N–C) groups is 1. The van der Waals surface area contributed by atoms with Gasteiger partial charge in [0.15, 0.2) is 5.96 Å². The smallest absolute Gasteiger partial charge is 0.274 e. The fourth-order valence-electron chi connectivity index (χ4n) is 2.81. The van der Waals surface area contributed by atoms with Gasteiger partial charge in [0.25, 0.3) is 5.91 Å². The number of fused-ring (bicyclic) bond motifs is 1. The van der Waals surface area contributed by atoms with Crippen LogP contribution in [0.5, 0.6) is 11.5 Å². The van der Waals surface area contributed by atoms with E-state index in [4.69, 9.17) is 15.2 Å². The number of nitrogens with one attached hydrogen (secondary N) is 2. The van der Waals surface area contributed by atoms with E-state index in [0.29, 0.717) is 23.8 Å². The number of aromatic amines is 1. The van der Waals surface area contributed by atoms with Crippen molar-refractivity contribution < 1.29 is 14.3 Å². The Hall–Kier alpha value is -2.74. The Morgan fingerprint density at radius 1 is 1.30 bits per heavy atom. The van der Waals surface area contributed by atoms with E-state index in [2.05, 4.69) is 34.0 Å².